The largest absolute Gasteiger partial charge is 0.494 e. The summed E-state index contributed by atoms with van der Waals surface area (Å²) in [6.45, 7) is 6.87. The molecule has 0 aliphatic rings. The van der Waals surface area contributed by atoms with E-state index in [0.29, 0.717) is 24.8 Å². The Hall–Kier alpha value is -2.08. The number of hydrogen-bond acceptors (Lipinski definition) is 4. The molecule has 0 radical (unpaired) electrons. The third-order valence-electron chi connectivity index (χ3n) is 2.08. The van der Waals surface area contributed by atoms with E-state index in [9.17, 15) is 0 Å². The van der Waals surface area contributed by atoms with Crippen molar-refractivity contribution in [2.24, 2.45) is 27.4 Å². The molecule has 0 unspecified atom stereocenters. The summed E-state index contributed by atoms with van der Waals surface area (Å²) in [6.07, 6.45) is 0.829. The van der Waals surface area contributed by atoms with Crippen LogP contribution in [0.25, 0.3) is 0 Å². The highest BCUT2D eigenvalue weighted by Crippen LogP contribution is 2.12. The molecule has 1 rings (SSSR count). The van der Waals surface area contributed by atoms with Gasteiger partial charge in [0.05, 0.1) is 6.61 Å². The molecular formula is C14H25N5O. The maximum absolute atomic E-state index is 5.75. The van der Waals surface area contributed by atoms with E-state index in [2.05, 4.69) is 10.2 Å². The van der Waals surface area contributed by atoms with Gasteiger partial charge in [0.1, 0.15) is 11.6 Å². The minimum absolute atomic E-state index is 0.313. The van der Waals surface area contributed by atoms with E-state index in [1.54, 1.807) is 6.92 Å². The van der Waals surface area contributed by atoms with Crippen molar-refractivity contribution < 1.29 is 4.74 Å². The molecule has 0 saturated carbocycles. The maximum atomic E-state index is 5.75. The number of amidine groups is 2. The maximum Gasteiger partial charge on any atom is 0.153 e. The van der Waals surface area contributed by atoms with Crippen LogP contribution < -0.4 is 21.9 Å². The van der Waals surface area contributed by atoms with Crippen LogP contribution in [0.5, 0.6) is 5.75 Å². The number of ether oxygens (including phenoxy) is 1. The standard InChI is InChI=1S/C12H19N5O.C2H6/c1-9(14)16-17-12(15)10-3-5-11(6-4-10)18-8-2-7-13;1-2/h3-6H,2,7-8,13H2,1H3,(H2,14,16)(H2,15,17);1-2H3. The van der Waals surface area contributed by atoms with E-state index in [4.69, 9.17) is 21.9 Å². The molecule has 6 heteroatoms. The Balaban J connectivity index is 0.00000172. The topological polar surface area (TPSA) is 112 Å². The van der Waals surface area contributed by atoms with Crippen LogP contribution in [0.3, 0.4) is 0 Å². The van der Waals surface area contributed by atoms with Crippen molar-refractivity contribution in [2.75, 3.05) is 13.2 Å². The highest BCUT2D eigenvalue weighted by molar-refractivity contribution is 5.97. The molecule has 0 amide bonds. The summed E-state index contributed by atoms with van der Waals surface area (Å²) in [5.74, 6) is 1.45. The first-order chi connectivity index (χ1) is 9.63. The molecular weight excluding hydrogens is 254 g/mol. The van der Waals surface area contributed by atoms with E-state index in [1.807, 2.05) is 38.1 Å². The summed E-state index contributed by atoms with van der Waals surface area (Å²) >= 11 is 0. The van der Waals surface area contributed by atoms with Crippen LogP contribution in [-0.4, -0.2) is 24.8 Å². The Labute approximate surface area is 120 Å². The zero-order chi connectivity index (χ0) is 15.4. The lowest BCUT2D eigenvalue weighted by Crippen LogP contribution is -2.14. The van der Waals surface area contributed by atoms with E-state index < -0.39 is 0 Å². The first-order valence-corrected chi connectivity index (χ1v) is 6.70. The van der Waals surface area contributed by atoms with Gasteiger partial charge in [0.2, 0.25) is 0 Å². The molecule has 0 fully saturated rings. The van der Waals surface area contributed by atoms with Crippen LogP contribution in [-0.2, 0) is 0 Å². The van der Waals surface area contributed by atoms with Gasteiger partial charge in [0.15, 0.2) is 5.84 Å². The second-order valence-electron chi connectivity index (χ2n) is 3.74. The molecule has 0 aliphatic carbocycles. The van der Waals surface area contributed by atoms with Gasteiger partial charge in [0, 0.05) is 5.56 Å². The number of hydrogen-bond donors (Lipinski definition) is 3. The fraction of sp³-hybridized carbons (Fsp3) is 0.429. The Morgan fingerprint density at radius 2 is 1.70 bits per heavy atom. The molecule has 20 heavy (non-hydrogen) atoms. The minimum Gasteiger partial charge on any atom is -0.494 e. The van der Waals surface area contributed by atoms with Crippen molar-refractivity contribution in [2.45, 2.75) is 27.2 Å². The molecule has 0 aromatic heterocycles. The van der Waals surface area contributed by atoms with Crippen LogP contribution in [0.15, 0.2) is 34.5 Å². The number of rotatable bonds is 6. The lowest BCUT2D eigenvalue weighted by Gasteiger charge is -2.05. The Kier molecular flexibility index (Phi) is 9.68. The second kappa shape index (κ2) is 10.8. The average molecular weight is 279 g/mol. The predicted octanol–water partition coefficient (Wildman–Crippen LogP) is 1.44. The third kappa shape index (κ3) is 7.38. The average Bonchev–Trinajstić information content (AvgIpc) is 2.48. The number of benzene rings is 1. The van der Waals surface area contributed by atoms with Gasteiger partial charge >= 0.3 is 0 Å². The smallest absolute Gasteiger partial charge is 0.153 e. The van der Waals surface area contributed by atoms with E-state index >= 15 is 0 Å². The predicted molar refractivity (Wildman–Crippen MR) is 85.0 cm³/mol. The molecule has 0 bridgehead atoms. The van der Waals surface area contributed by atoms with Crippen molar-refractivity contribution in [3.8, 4) is 5.75 Å². The van der Waals surface area contributed by atoms with Gasteiger partial charge in [-0.1, -0.05) is 13.8 Å². The molecule has 6 N–H and O–H groups in total. The van der Waals surface area contributed by atoms with Gasteiger partial charge in [-0.3, -0.25) is 0 Å². The zero-order valence-corrected chi connectivity index (χ0v) is 12.5. The van der Waals surface area contributed by atoms with Crippen molar-refractivity contribution in [3.05, 3.63) is 29.8 Å². The minimum atomic E-state index is 0.313. The lowest BCUT2D eigenvalue weighted by molar-refractivity contribution is 0.313. The first kappa shape index (κ1) is 17.9. The van der Waals surface area contributed by atoms with Gasteiger partial charge in [-0.05, 0) is 44.2 Å². The molecule has 6 nitrogen and oxygen atoms in total. The summed E-state index contributed by atoms with van der Waals surface area (Å²) in [6, 6.07) is 7.29. The Morgan fingerprint density at radius 3 is 2.20 bits per heavy atom. The molecule has 0 atom stereocenters. The lowest BCUT2D eigenvalue weighted by atomic mass is 10.2. The van der Waals surface area contributed by atoms with Crippen LogP contribution in [0.2, 0.25) is 0 Å². The second-order valence-corrected chi connectivity index (χ2v) is 3.74. The SMILES string of the molecule is C/C(N)=N/N=C(\N)c1ccc(OCCCN)cc1.CC. The van der Waals surface area contributed by atoms with Gasteiger partial charge in [-0.25, -0.2) is 0 Å². The third-order valence-corrected chi connectivity index (χ3v) is 2.08. The van der Waals surface area contributed by atoms with Gasteiger partial charge in [0.25, 0.3) is 0 Å². The number of nitrogens with two attached hydrogens (primary N) is 3. The first-order valence-electron chi connectivity index (χ1n) is 6.70. The molecule has 0 aliphatic heterocycles. The van der Waals surface area contributed by atoms with Gasteiger partial charge in [-0.15, -0.1) is 10.2 Å². The summed E-state index contributed by atoms with van der Waals surface area (Å²) in [5, 5.41) is 7.50. The van der Waals surface area contributed by atoms with E-state index in [-0.39, 0.29) is 0 Å². The monoisotopic (exact) mass is 279 g/mol. The molecule has 1 aromatic rings. The van der Waals surface area contributed by atoms with Crippen LogP contribution in [0.1, 0.15) is 32.8 Å². The molecule has 0 spiro atoms. The molecule has 1 aromatic carbocycles. The molecule has 0 heterocycles. The Bertz CT molecular complexity index is 422. The normalized spacial score (nSPS) is 11.6. The van der Waals surface area contributed by atoms with Gasteiger partial charge < -0.3 is 21.9 Å². The molecule has 112 valence electrons. The van der Waals surface area contributed by atoms with Crippen LogP contribution >= 0.6 is 0 Å². The van der Waals surface area contributed by atoms with Gasteiger partial charge in [-0.2, -0.15) is 0 Å². The van der Waals surface area contributed by atoms with E-state index in [1.165, 1.54) is 0 Å². The highest BCUT2D eigenvalue weighted by Gasteiger charge is 1.99. The Morgan fingerprint density at radius 1 is 1.10 bits per heavy atom. The van der Waals surface area contributed by atoms with Crippen molar-refractivity contribution in [1.82, 2.24) is 0 Å². The number of nitrogens with zero attached hydrogens (tertiary/aromatic N) is 2. The summed E-state index contributed by atoms with van der Waals surface area (Å²) in [5.41, 5.74) is 17.3. The quantitative estimate of drug-likeness (QED) is 0.316. The van der Waals surface area contributed by atoms with E-state index in [0.717, 1.165) is 17.7 Å². The summed E-state index contributed by atoms with van der Waals surface area (Å²) in [4.78, 5) is 0. The fourth-order valence-corrected chi connectivity index (χ4v) is 1.19. The van der Waals surface area contributed by atoms with Crippen molar-refractivity contribution >= 4 is 11.7 Å². The fourth-order valence-electron chi connectivity index (χ4n) is 1.19. The molecule has 0 saturated heterocycles. The van der Waals surface area contributed by atoms with Crippen LogP contribution in [0, 0.1) is 0 Å². The highest BCUT2D eigenvalue weighted by atomic mass is 16.5. The summed E-state index contributed by atoms with van der Waals surface area (Å²) in [7, 11) is 0. The summed E-state index contributed by atoms with van der Waals surface area (Å²) < 4.78 is 5.47. The van der Waals surface area contributed by atoms with Crippen molar-refractivity contribution in [3.63, 3.8) is 0 Å². The van der Waals surface area contributed by atoms with Crippen molar-refractivity contribution in [1.29, 1.82) is 0 Å². The zero-order valence-electron chi connectivity index (χ0n) is 12.5. The van der Waals surface area contributed by atoms with Crippen LogP contribution in [0.4, 0.5) is 0 Å².